The summed E-state index contributed by atoms with van der Waals surface area (Å²) >= 11 is 2.75. The molecule has 0 saturated carbocycles. The summed E-state index contributed by atoms with van der Waals surface area (Å²) in [6.07, 6.45) is 0.324. The molecule has 0 atom stereocenters. The molecule has 15 heavy (non-hydrogen) atoms. The quantitative estimate of drug-likeness (QED) is 0.769. The summed E-state index contributed by atoms with van der Waals surface area (Å²) in [6.45, 7) is 3.95. The van der Waals surface area contributed by atoms with Crippen molar-refractivity contribution in [3.63, 3.8) is 0 Å². The SMILES string of the molecule is Cc1nc(CC(=O)c2csnn2)sc1C. The van der Waals surface area contributed by atoms with E-state index in [0.29, 0.717) is 12.1 Å². The molecular formula is C9H9N3OS2. The first-order valence-electron chi connectivity index (χ1n) is 4.40. The van der Waals surface area contributed by atoms with Gasteiger partial charge >= 0.3 is 0 Å². The van der Waals surface area contributed by atoms with Crippen LogP contribution in [0.25, 0.3) is 0 Å². The van der Waals surface area contributed by atoms with Crippen molar-refractivity contribution in [1.29, 1.82) is 0 Å². The van der Waals surface area contributed by atoms with E-state index in [2.05, 4.69) is 14.6 Å². The number of carbonyl (C=O) groups excluding carboxylic acids is 1. The van der Waals surface area contributed by atoms with Crippen LogP contribution in [0.15, 0.2) is 5.38 Å². The summed E-state index contributed by atoms with van der Waals surface area (Å²) in [5.41, 5.74) is 1.43. The van der Waals surface area contributed by atoms with Crippen LogP contribution in [-0.2, 0) is 6.42 Å². The maximum Gasteiger partial charge on any atom is 0.190 e. The third-order valence-electron chi connectivity index (χ3n) is 2.03. The van der Waals surface area contributed by atoms with Crippen molar-refractivity contribution in [2.45, 2.75) is 20.3 Å². The first-order chi connectivity index (χ1) is 7.16. The summed E-state index contributed by atoms with van der Waals surface area (Å²) in [7, 11) is 0. The van der Waals surface area contributed by atoms with Crippen LogP contribution >= 0.6 is 22.9 Å². The van der Waals surface area contributed by atoms with Crippen LogP contribution in [0.4, 0.5) is 0 Å². The monoisotopic (exact) mass is 239 g/mol. The number of aryl methyl sites for hydroxylation is 2. The summed E-state index contributed by atoms with van der Waals surface area (Å²) in [4.78, 5) is 17.1. The zero-order chi connectivity index (χ0) is 10.8. The number of aromatic nitrogens is 3. The highest BCUT2D eigenvalue weighted by Gasteiger charge is 2.13. The summed E-state index contributed by atoms with van der Waals surface area (Å²) < 4.78 is 3.66. The van der Waals surface area contributed by atoms with Gasteiger partial charge < -0.3 is 0 Å². The van der Waals surface area contributed by atoms with Gasteiger partial charge in [-0.05, 0) is 25.4 Å². The Morgan fingerprint density at radius 3 is 2.80 bits per heavy atom. The Balaban J connectivity index is 2.13. The van der Waals surface area contributed by atoms with Gasteiger partial charge in [0, 0.05) is 10.3 Å². The second-order valence-corrected chi connectivity index (χ2v) is 5.04. The fourth-order valence-corrected chi connectivity index (χ4v) is 2.52. The van der Waals surface area contributed by atoms with Gasteiger partial charge in [-0.2, -0.15) is 0 Å². The molecule has 2 aromatic heterocycles. The van der Waals surface area contributed by atoms with Gasteiger partial charge in [-0.25, -0.2) is 4.98 Å². The van der Waals surface area contributed by atoms with E-state index < -0.39 is 0 Å². The summed E-state index contributed by atoms with van der Waals surface area (Å²) in [5.74, 6) is -0.0162. The number of rotatable bonds is 3. The molecule has 0 aliphatic heterocycles. The lowest BCUT2D eigenvalue weighted by molar-refractivity contribution is 0.0988. The zero-order valence-corrected chi connectivity index (χ0v) is 9.98. The van der Waals surface area contributed by atoms with Gasteiger partial charge in [0.2, 0.25) is 0 Å². The van der Waals surface area contributed by atoms with Crippen LogP contribution < -0.4 is 0 Å². The van der Waals surface area contributed by atoms with E-state index in [9.17, 15) is 4.79 Å². The molecule has 2 heterocycles. The summed E-state index contributed by atoms with van der Waals surface area (Å²) in [6, 6.07) is 0. The van der Waals surface area contributed by atoms with E-state index in [1.54, 1.807) is 16.7 Å². The molecule has 0 radical (unpaired) electrons. The predicted octanol–water partition coefficient (Wildman–Crippen LogP) is 2.04. The van der Waals surface area contributed by atoms with Crippen LogP contribution in [-0.4, -0.2) is 20.4 Å². The molecule has 0 amide bonds. The second kappa shape index (κ2) is 4.16. The average Bonchev–Trinajstić information content (AvgIpc) is 2.77. The Bertz CT molecular complexity index is 456. The van der Waals surface area contributed by atoms with Crippen molar-refractivity contribution in [2.75, 3.05) is 0 Å². The van der Waals surface area contributed by atoms with Gasteiger partial charge in [0.15, 0.2) is 5.78 Å². The molecule has 2 aromatic rings. The number of thiazole rings is 1. The molecule has 0 unspecified atom stereocenters. The lowest BCUT2D eigenvalue weighted by Gasteiger charge is -1.91. The third-order valence-corrected chi connectivity index (χ3v) is 3.61. The smallest absolute Gasteiger partial charge is 0.190 e. The number of hydrogen-bond donors (Lipinski definition) is 0. The molecule has 0 N–H and O–H groups in total. The fourth-order valence-electron chi connectivity index (χ4n) is 1.13. The predicted molar refractivity (Wildman–Crippen MR) is 59.5 cm³/mol. The molecule has 6 heteroatoms. The van der Waals surface area contributed by atoms with Crippen molar-refractivity contribution in [3.05, 3.63) is 26.7 Å². The zero-order valence-electron chi connectivity index (χ0n) is 8.35. The number of hydrogen-bond acceptors (Lipinski definition) is 6. The van der Waals surface area contributed by atoms with Crippen LogP contribution in [0.1, 0.15) is 26.1 Å². The normalized spacial score (nSPS) is 10.5. The first kappa shape index (κ1) is 10.4. The highest BCUT2D eigenvalue weighted by atomic mass is 32.1. The summed E-state index contributed by atoms with van der Waals surface area (Å²) in [5, 5.41) is 6.25. The van der Waals surface area contributed by atoms with Crippen LogP contribution in [0.2, 0.25) is 0 Å². The van der Waals surface area contributed by atoms with Crippen molar-refractivity contribution in [2.24, 2.45) is 0 Å². The number of Topliss-reactive ketones (excluding diaryl/α,β-unsaturated/α-hetero) is 1. The molecule has 0 spiro atoms. The van der Waals surface area contributed by atoms with E-state index in [-0.39, 0.29) is 5.78 Å². The molecule has 0 saturated heterocycles. The van der Waals surface area contributed by atoms with E-state index >= 15 is 0 Å². The highest BCUT2D eigenvalue weighted by Crippen LogP contribution is 2.18. The van der Waals surface area contributed by atoms with E-state index in [0.717, 1.165) is 15.6 Å². The van der Waals surface area contributed by atoms with Crippen molar-refractivity contribution < 1.29 is 4.79 Å². The fraction of sp³-hybridized carbons (Fsp3) is 0.333. The van der Waals surface area contributed by atoms with Gasteiger partial charge in [-0.15, -0.1) is 16.4 Å². The van der Waals surface area contributed by atoms with Crippen LogP contribution in [0, 0.1) is 13.8 Å². The Morgan fingerprint density at radius 2 is 2.27 bits per heavy atom. The Kier molecular flexibility index (Phi) is 2.88. The largest absolute Gasteiger partial charge is 0.292 e. The van der Waals surface area contributed by atoms with Gasteiger partial charge in [0.05, 0.1) is 12.1 Å². The Labute approximate surface area is 95.2 Å². The van der Waals surface area contributed by atoms with Crippen LogP contribution in [0.5, 0.6) is 0 Å². The van der Waals surface area contributed by atoms with Crippen LogP contribution in [0.3, 0.4) is 0 Å². The number of carbonyl (C=O) groups is 1. The topological polar surface area (TPSA) is 55.7 Å². The maximum atomic E-state index is 11.7. The van der Waals surface area contributed by atoms with Gasteiger partial charge in [-0.1, -0.05) is 4.49 Å². The Morgan fingerprint density at radius 1 is 1.47 bits per heavy atom. The molecular weight excluding hydrogens is 230 g/mol. The molecule has 0 aliphatic carbocycles. The van der Waals surface area contributed by atoms with Crippen molar-refractivity contribution in [3.8, 4) is 0 Å². The van der Waals surface area contributed by atoms with Crippen molar-refractivity contribution >= 4 is 28.7 Å². The molecule has 2 rings (SSSR count). The molecule has 4 nitrogen and oxygen atoms in total. The van der Waals surface area contributed by atoms with Gasteiger partial charge in [0.1, 0.15) is 10.7 Å². The second-order valence-electron chi connectivity index (χ2n) is 3.14. The minimum absolute atomic E-state index is 0.0162. The minimum atomic E-state index is -0.0162. The molecule has 0 aromatic carbocycles. The van der Waals surface area contributed by atoms with E-state index in [4.69, 9.17) is 0 Å². The van der Waals surface area contributed by atoms with Crippen molar-refractivity contribution in [1.82, 2.24) is 14.6 Å². The maximum absolute atomic E-state index is 11.7. The van der Waals surface area contributed by atoms with E-state index in [1.165, 1.54) is 11.5 Å². The first-order valence-corrected chi connectivity index (χ1v) is 6.05. The minimum Gasteiger partial charge on any atom is -0.292 e. The van der Waals surface area contributed by atoms with E-state index in [1.807, 2.05) is 13.8 Å². The molecule has 78 valence electrons. The Hall–Kier alpha value is -1.14. The number of ketones is 1. The third kappa shape index (κ3) is 2.27. The average molecular weight is 239 g/mol. The number of nitrogens with zero attached hydrogens (tertiary/aromatic N) is 3. The highest BCUT2D eigenvalue weighted by molar-refractivity contribution is 7.11. The standard InChI is InChI=1S/C9H9N3OS2/c1-5-6(2)15-9(10-5)3-8(13)7-4-14-12-11-7/h4H,3H2,1-2H3. The molecule has 0 fully saturated rings. The molecule has 0 aliphatic rings. The molecule has 0 bridgehead atoms. The van der Waals surface area contributed by atoms with Gasteiger partial charge in [-0.3, -0.25) is 4.79 Å². The lowest BCUT2D eigenvalue weighted by Crippen LogP contribution is -2.03. The van der Waals surface area contributed by atoms with Gasteiger partial charge in [0.25, 0.3) is 0 Å². The lowest BCUT2D eigenvalue weighted by atomic mass is 10.2.